The van der Waals surface area contributed by atoms with Crippen LogP contribution < -0.4 is 10.6 Å². The Morgan fingerprint density at radius 2 is 2.00 bits per heavy atom. The molecule has 0 radical (unpaired) electrons. The monoisotopic (exact) mass is 444 g/mol. The standard InChI is InChI=1S/C21H22Cl2N6O/c1-13(14-3-4-18(22)19(23)7-14)26-21(30)29-6-5-15-9-24-20(8-16(15)11-29)27-17-10-25-28(2)12-17/h3-4,7-10,12-13H,5-6,11H2,1-2H3,(H,24,27)(H,26,30)/t13-/m1/s1. The van der Waals surface area contributed by atoms with Gasteiger partial charge in [0.15, 0.2) is 0 Å². The van der Waals surface area contributed by atoms with Crippen LogP contribution >= 0.6 is 23.2 Å². The van der Waals surface area contributed by atoms with Crippen molar-refractivity contribution in [1.29, 1.82) is 0 Å². The van der Waals surface area contributed by atoms with E-state index < -0.39 is 0 Å². The first kappa shape index (κ1) is 20.5. The Morgan fingerprint density at radius 3 is 2.73 bits per heavy atom. The number of carbonyl (C=O) groups excluding carboxylic acids is 1. The summed E-state index contributed by atoms with van der Waals surface area (Å²) in [6.07, 6.45) is 6.27. The lowest BCUT2D eigenvalue weighted by Gasteiger charge is -2.30. The van der Waals surface area contributed by atoms with Crippen molar-refractivity contribution in [3.8, 4) is 0 Å². The Bertz CT molecular complexity index is 1080. The van der Waals surface area contributed by atoms with Crippen molar-refractivity contribution < 1.29 is 4.79 Å². The second-order valence-electron chi connectivity index (χ2n) is 7.38. The van der Waals surface area contributed by atoms with E-state index in [1.165, 1.54) is 0 Å². The molecular formula is C21H22Cl2N6O. The zero-order valence-corrected chi connectivity index (χ0v) is 18.2. The van der Waals surface area contributed by atoms with Crippen LogP contribution in [0.15, 0.2) is 42.9 Å². The van der Waals surface area contributed by atoms with Crippen LogP contribution in [0.25, 0.3) is 0 Å². The number of rotatable bonds is 4. The van der Waals surface area contributed by atoms with E-state index in [2.05, 4.69) is 20.7 Å². The number of hydrogen-bond acceptors (Lipinski definition) is 4. The van der Waals surface area contributed by atoms with Crippen LogP contribution in [0.3, 0.4) is 0 Å². The van der Waals surface area contributed by atoms with Gasteiger partial charge < -0.3 is 15.5 Å². The van der Waals surface area contributed by atoms with E-state index in [9.17, 15) is 4.79 Å². The van der Waals surface area contributed by atoms with Gasteiger partial charge in [-0.15, -0.1) is 0 Å². The Hall–Kier alpha value is -2.77. The minimum absolute atomic E-state index is 0.113. The van der Waals surface area contributed by atoms with Crippen molar-refractivity contribution in [2.45, 2.75) is 25.9 Å². The number of halogens is 2. The molecule has 156 valence electrons. The lowest BCUT2D eigenvalue weighted by Crippen LogP contribution is -2.43. The number of nitrogens with one attached hydrogen (secondary N) is 2. The fraction of sp³-hybridized carbons (Fsp3) is 0.286. The summed E-state index contributed by atoms with van der Waals surface area (Å²) >= 11 is 12.1. The van der Waals surface area contributed by atoms with E-state index in [1.54, 1.807) is 23.0 Å². The molecule has 0 aliphatic carbocycles. The molecule has 2 amide bonds. The van der Waals surface area contributed by atoms with E-state index in [4.69, 9.17) is 23.2 Å². The van der Waals surface area contributed by atoms with Gasteiger partial charge in [-0.25, -0.2) is 9.78 Å². The molecule has 1 aliphatic heterocycles. The zero-order valence-electron chi connectivity index (χ0n) is 16.7. The highest BCUT2D eigenvalue weighted by atomic mass is 35.5. The molecule has 4 rings (SSSR count). The number of anilines is 2. The van der Waals surface area contributed by atoms with Gasteiger partial charge in [-0.1, -0.05) is 29.3 Å². The molecule has 2 aromatic heterocycles. The number of carbonyl (C=O) groups is 1. The van der Waals surface area contributed by atoms with E-state index in [1.807, 2.05) is 43.4 Å². The molecule has 30 heavy (non-hydrogen) atoms. The molecule has 7 nitrogen and oxygen atoms in total. The van der Waals surface area contributed by atoms with Crippen LogP contribution in [0.1, 0.15) is 29.7 Å². The van der Waals surface area contributed by atoms with E-state index in [-0.39, 0.29) is 12.1 Å². The van der Waals surface area contributed by atoms with Gasteiger partial charge in [-0.3, -0.25) is 4.68 Å². The molecule has 9 heteroatoms. The second-order valence-corrected chi connectivity index (χ2v) is 8.20. The maximum atomic E-state index is 12.8. The van der Waals surface area contributed by atoms with Crippen molar-refractivity contribution in [1.82, 2.24) is 25.0 Å². The number of hydrogen-bond donors (Lipinski definition) is 2. The van der Waals surface area contributed by atoms with Crippen LogP contribution in [0.5, 0.6) is 0 Å². The lowest BCUT2D eigenvalue weighted by atomic mass is 10.0. The first-order valence-corrected chi connectivity index (χ1v) is 10.4. The Labute approximate surface area is 185 Å². The van der Waals surface area contributed by atoms with Crippen molar-refractivity contribution in [2.24, 2.45) is 7.05 Å². The second kappa shape index (κ2) is 8.53. The molecule has 0 unspecified atom stereocenters. The minimum atomic E-state index is -0.186. The van der Waals surface area contributed by atoms with Gasteiger partial charge in [-0.05, 0) is 48.2 Å². The molecule has 0 fully saturated rings. The number of nitrogens with zero attached hydrogens (tertiary/aromatic N) is 4. The predicted octanol–water partition coefficient (Wildman–Crippen LogP) is 4.69. The van der Waals surface area contributed by atoms with Gasteiger partial charge in [0.2, 0.25) is 0 Å². The number of benzene rings is 1. The highest BCUT2D eigenvalue weighted by molar-refractivity contribution is 6.42. The van der Waals surface area contributed by atoms with Gasteiger partial charge in [-0.2, -0.15) is 5.10 Å². The van der Waals surface area contributed by atoms with Crippen LogP contribution in [0.4, 0.5) is 16.3 Å². The number of fused-ring (bicyclic) bond motifs is 1. The fourth-order valence-electron chi connectivity index (χ4n) is 3.45. The molecule has 0 bridgehead atoms. The fourth-order valence-corrected chi connectivity index (χ4v) is 3.76. The summed E-state index contributed by atoms with van der Waals surface area (Å²) in [6.45, 7) is 3.10. The summed E-state index contributed by atoms with van der Waals surface area (Å²) in [7, 11) is 1.86. The zero-order chi connectivity index (χ0) is 21.3. The third-order valence-corrected chi connectivity index (χ3v) is 5.88. The highest BCUT2D eigenvalue weighted by Gasteiger charge is 2.23. The summed E-state index contributed by atoms with van der Waals surface area (Å²) in [5.41, 5.74) is 4.02. The Kier molecular flexibility index (Phi) is 5.83. The topological polar surface area (TPSA) is 75.1 Å². The number of aryl methyl sites for hydroxylation is 1. The smallest absolute Gasteiger partial charge is 0.318 e. The van der Waals surface area contributed by atoms with Crippen molar-refractivity contribution in [3.05, 3.63) is 69.6 Å². The Morgan fingerprint density at radius 1 is 1.17 bits per heavy atom. The Balaban J connectivity index is 1.42. The van der Waals surface area contributed by atoms with Crippen molar-refractivity contribution >= 4 is 40.7 Å². The highest BCUT2D eigenvalue weighted by Crippen LogP contribution is 2.26. The van der Waals surface area contributed by atoms with Crippen LogP contribution in [0.2, 0.25) is 10.0 Å². The molecule has 0 saturated heterocycles. The third-order valence-electron chi connectivity index (χ3n) is 5.14. The summed E-state index contributed by atoms with van der Waals surface area (Å²) in [6, 6.07) is 7.08. The number of urea groups is 1. The SMILES string of the molecule is C[C@@H](NC(=O)N1CCc2cnc(Nc3cnn(C)c3)cc2C1)c1ccc(Cl)c(Cl)c1. The van der Waals surface area contributed by atoms with E-state index in [0.29, 0.717) is 23.1 Å². The minimum Gasteiger partial charge on any atom is -0.338 e. The van der Waals surface area contributed by atoms with Crippen LogP contribution in [0, 0.1) is 0 Å². The lowest BCUT2D eigenvalue weighted by molar-refractivity contribution is 0.189. The molecule has 0 spiro atoms. The first-order chi connectivity index (χ1) is 14.4. The average molecular weight is 445 g/mol. The quantitative estimate of drug-likeness (QED) is 0.611. The summed E-state index contributed by atoms with van der Waals surface area (Å²) in [5.74, 6) is 0.730. The third kappa shape index (κ3) is 4.52. The molecule has 1 atom stereocenters. The molecule has 1 aliphatic rings. The van der Waals surface area contributed by atoms with Crippen LogP contribution in [-0.4, -0.2) is 32.2 Å². The number of amides is 2. The average Bonchev–Trinajstić information content (AvgIpc) is 3.13. The predicted molar refractivity (Wildman–Crippen MR) is 118 cm³/mol. The molecule has 0 saturated carbocycles. The van der Waals surface area contributed by atoms with Gasteiger partial charge in [0.05, 0.1) is 28.0 Å². The first-order valence-electron chi connectivity index (χ1n) is 9.63. The van der Waals surface area contributed by atoms with Crippen molar-refractivity contribution in [3.63, 3.8) is 0 Å². The van der Waals surface area contributed by atoms with Gasteiger partial charge >= 0.3 is 6.03 Å². The molecule has 1 aromatic carbocycles. The van der Waals surface area contributed by atoms with Gasteiger partial charge in [0, 0.05) is 32.5 Å². The normalized spacial score (nSPS) is 14.2. The maximum absolute atomic E-state index is 12.8. The van der Waals surface area contributed by atoms with Crippen molar-refractivity contribution in [2.75, 3.05) is 11.9 Å². The largest absolute Gasteiger partial charge is 0.338 e. The van der Waals surface area contributed by atoms with Gasteiger partial charge in [0.25, 0.3) is 0 Å². The number of aromatic nitrogens is 3. The van der Waals surface area contributed by atoms with E-state index >= 15 is 0 Å². The summed E-state index contributed by atoms with van der Waals surface area (Å²) < 4.78 is 1.72. The molecular weight excluding hydrogens is 423 g/mol. The maximum Gasteiger partial charge on any atom is 0.318 e. The molecule has 3 aromatic rings. The summed E-state index contributed by atoms with van der Waals surface area (Å²) in [4.78, 5) is 19.1. The van der Waals surface area contributed by atoms with Gasteiger partial charge in [0.1, 0.15) is 5.82 Å². The van der Waals surface area contributed by atoms with Crippen LogP contribution in [-0.2, 0) is 20.0 Å². The molecule has 2 N–H and O–H groups in total. The van der Waals surface area contributed by atoms with E-state index in [0.717, 1.165) is 34.6 Å². The number of pyridine rings is 1. The molecule has 3 heterocycles. The summed E-state index contributed by atoms with van der Waals surface area (Å²) in [5, 5.41) is 11.4.